The summed E-state index contributed by atoms with van der Waals surface area (Å²) in [7, 11) is 0. The minimum Gasteiger partial charge on any atom is -0.388 e. The maximum absolute atomic E-state index is 12.3. The average molecular weight is 340 g/mol. The van der Waals surface area contributed by atoms with Gasteiger partial charge in [-0.2, -0.15) is 16.9 Å². The molecule has 0 saturated carbocycles. The fourth-order valence-electron chi connectivity index (χ4n) is 2.93. The standard InChI is InChI=1S/C17H29N3O2S/c1-12(2)10-20-14(4)15(13(3)19-20)9-16(21)18-11-17(22)5-7-23-8-6-17/h12,22H,5-11H2,1-4H3,(H,18,21). The molecule has 5 nitrogen and oxygen atoms in total. The monoisotopic (exact) mass is 339 g/mol. The van der Waals surface area contributed by atoms with E-state index < -0.39 is 5.60 Å². The van der Waals surface area contributed by atoms with E-state index >= 15 is 0 Å². The third kappa shape index (κ3) is 4.98. The van der Waals surface area contributed by atoms with Gasteiger partial charge >= 0.3 is 0 Å². The van der Waals surface area contributed by atoms with Crippen molar-refractivity contribution in [3.05, 3.63) is 17.0 Å². The molecule has 1 aliphatic heterocycles. The Morgan fingerprint density at radius 3 is 2.65 bits per heavy atom. The van der Waals surface area contributed by atoms with Gasteiger partial charge in [0.1, 0.15) is 0 Å². The average Bonchev–Trinajstić information content (AvgIpc) is 2.73. The van der Waals surface area contributed by atoms with Crippen LogP contribution in [0.4, 0.5) is 0 Å². The Kier molecular flexibility index (Phi) is 6.14. The Bertz CT molecular complexity index is 548. The van der Waals surface area contributed by atoms with Gasteiger partial charge < -0.3 is 10.4 Å². The van der Waals surface area contributed by atoms with E-state index in [9.17, 15) is 9.90 Å². The van der Waals surface area contributed by atoms with E-state index in [1.54, 1.807) is 0 Å². The molecule has 1 fully saturated rings. The minimum absolute atomic E-state index is 0.0352. The number of nitrogens with zero attached hydrogens (tertiary/aromatic N) is 2. The molecule has 1 aromatic heterocycles. The Hall–Kier alpha value is -1.01. The maximum Gasteiger partial charge on any atom is 0.224 e. The molecule has 1 aliphatic rings. The van der Waals surface area contributed by atoms with E-state index in [2.05, 4.69) is 24.3 Å². The molecule has 23 heavy (non-hydrogen) atoms. The smallest absolute Gasteiger partial charge is 0.224 e. The summed E-state index contributed by atoms with van der Waals surface area (Å²) in [6.07, 6.45) is 1.84. The van der Waals surface area contributed by atoms with Crippen LogP contribution >= 0.6 is 11.8 Å². The van der Waals surface area contributed by atoms with E-state index in [1.165, 1.54) is 0 Å². The molecule has 0 aromatic carbocycles. The van der Waals surface area contributed by atoms with Crippen molar-refractivity contribution in [3.8, 4) is 0 Å². The number of rotatable bonds is 6. The molecule has 0 atom stereocenters. The Morgan fingerprint density at radius 1 is 1.39 bits per heavy atom. The third-order valence-electron chi connectivity index (χ3n) is 4.44. The molecule has 2 heterocycles. The highest BCUT2D eigenvalue weighted by Crippen LogP contribution is 2.26. The van der Waals surface area contributed by atoms with Crippen LogP contribution in [-0.2, 0) is 17.8 Å². The van der Waals surface area contributed by atoms with E-state index in [0.29, 0.717) is 18.9 Å². The van der Waals surface area contributed by atoms with Gasteiger partial charge in [-0.1, -0.05) is 13.8 Å². The quantitative estimate of drug-likeness (QED) is 0.833. The van der Waals surface area contributed by atoms with Gasteiger partial charge in [-0.05, 0) is 44.1 Å². The van der Waals surface area contributed by atoms with Crippen molar-refractivity contribution in [3.63, 3.8) is 0 Å². The number of thioether (sulfide) groups is 1. The van der Waals surface area contributed by atoms with Crippen LogP contribution in [0.1, 0.15) is 43.6 Å². The molecular weight excluding hydrogens is 310 g/mol. The molecule has 1 amide bonds. The fourth-order valence-corrected chi connectivity index (χ4v) is 4.18. The summed E-state index contributed by atoms with van der Waals surface area (Å²) >= 11 is 1.86. The fraction of sp³-hybridized carbons (Fsp3) is 0.765. The lowest BCUT2D eigenvalue weighted by Crippen LogP contribution is -2.45. The highest BCUT2D eigenvalue weighted by atomic mass is 32.2. The van der Waals surface area contributed by atoms with Gasteiger partial charge in [0.2, 0.25) is 5.91 Å². The summed E-state index contributed by atoms with van der Waals surface area (Å²) in [5, 5.41) is 17.9. The van der Waals surface area contributed by atoms with E-state index in [-0.39, 0.29) is 5.91 Å². The van der Waals surface area contributed by atoms with Crippen LogP contribution in [-0.4, -0.2) is 44.4 Å². The molecule has 0 radical (unpaired) electrons. The molecule has 0 bridgehead atoms. The Morgan fingerprint density at radius 2 is 2.04 bits per heavy atom. The van der Waals surface area contributed by atoms with E-state index in [1.807, 2.05) is 30.3 Å². The predicted octanol–water partition coefficient (Wildman–Crippen LogP) is 2.07. The number of carbonyl (C=O) groups excluding carboxylic acids is 1. The van der Waals surface area contributed by atoms with Crippen LogP contribution in [0, 0.1) is 19.8 Å². The van der Waals surface area contributed by atoms with Crippen LogP contribution in [0.15, 0.2) is 0 Å². The van der Waals surface area contributed by atoms with Crippen LogP contribution in [0.3, 0.4) is 0 Å². The summed E-state index contributed by atoms with van der Waals surface area (Å²) in [6, 6.07) is 0. The summed E-state index contributed by atoms with van der Waals surface area (Å²) in [6.45, 7) is 9.52. The Labute approximate surface area is 143 Å². The molecule has 2 rings (SSSR count). The van der Waals surface area contributed by atoms with Gasteiger partial charge in [0, 0.05) is 24.3 Å². The largest absolute Gasteiger partial charge is 0.388 e. The zero-order valence-corrected chi connectivity index (χ0v) is 15.5. The van der Waals surface area contributed by atoms with Gasteiger partial charge in [-0.3, -0.25) is 9.48 Å². The van der Waals surface area contributed by atoms with Gasteiger partial charge in [-0.15, -0.1) is 0 Å². The second-order valence-electron chi connectivity index (χ2n) is 7.02. The number of nitrogens with one attached hydrogen (secondary N) is 1. The number of hydrogen-bond acceptors (Lipinski definition) is 4. The summed E-state index contributed by atoms with van der Waals surface area (Å²) in [5.74, 6) is 2.42. The van der Waals surface area contributed by atoms with Crippen LogP contribution in [0.2, 0.25) is 0 Å². The van der Waals surface area contributed by atoms with Crippen LogP contribution in [0.25, 0.3) is 0 Å². The van der Waals surface area contributed by atoms with Gasteiger partial charge in [-0.25, -0.2) is 0 Å². The summed E-state index contributed by atoms with van der Waals surface area (Å²) in [4.78, 5) is 12.3. The number of aliphatic hydroxyl groups is 1. The molecule has 1 saturated heterocycles. The number of aryl methyl sites for hydroxylation is 1. The molecule has 130 valence electrons. The number of hydrogen-bond donors (Lipinski definition) is 2. The second kappa shape index (κ2) is 7.71. The summed E-state index contributed by atoms with van der Waals surface area (Å²) in [5.41, 5.74) is 2.27. The molecule has 0 unspecified atom stereocenters. The second-order valence-corrected chi connectivity index (χ2v) is 8.24. The van der Waals surface area contributed by atoms with Crippen molar-refractivity contribution in [2.24, 2.45) is 5.92 Å². The third-order valence-corrected chi connectivity index (χ3v) is 5.43. The lowest BCUT2D eigenvalue weighted by Gasteiger charge is -2.31. The van der Waals surface area contributed by atoms with Crippen molar-refractivity contribution in [2.45, 2.75) is 59.1 Å². The molecule has 0 spiro atoms. The normalized spacial score (nSPS) is 17.5. The number of amides is 1. The van der Waals surface area contributed by atoms with Crippen molar-refractivity contribution >= 4 is 17.7 Å². The van der Waals surface area contributed by atoms with Gasteiger partial charge in [0.15, 0.2) is 0 Å². The highest BCUT2D eigenvalue weighted by Gasteiger charge is 2.30. The maximum atomic E-state index is 12.3. The van der Waals surface area contributed by atoms with E-state index in [4.69, 9.17) is 0 Å². The topological polar surface area (TPSA) is 67.2 Å². The predicted molar refractivity (Wildman–Crippen MR) is 94.8 cm³/mol. The lowest BCUT2D eigenvalue weighted by molar-refractivity contribution is -0.121. The van der Waals surface area contributed by atoms with Crippen molar-refractivity contribution in [2.75, 3.05) is 18.1 Å². The molecule has 0 aliphatic carbocycles. The Balaban J connectivity index is 1.93. The van der Waals surface area contributed by atoms with Crippen molar-refractivity contribution in [1.82, 2.24) is 15.1 Å². The molecular formula is C17H29N3O2S. The highest BCUT2D eigenvalue weighted by molar-refractivity contribution is 7.99. The zero-order chi connectivity index (χ0) is 17.0. The van der Waals surface area contributed by atoms with Gasteiger partial charge in [0.05, 0.1) is 17.7 Å². The first-order chi connectivity index (χ1) is 10.8. The number of carbonyl (C=O) groups is 1. The van der Waals surface area contributed by atoms with E-state index in [0.717, 1.165) is 47.8 Å². The first kappa shape index (κ1) is 18.3. The zero-order valence-electron chi connectivity index (χ0n) is 14.7. The molecule has 6 heteroatoms. The van der Waals surface area contributed by atoms with Crippen molar-refractivity contribution in [1.29, 1.82) is 0 Å². The lowest BCUT2D eigenvalue weighted by atomic mass is 9.97. The molecule has 2 N–H and O–H groups in total. The molecule has 1 aromatic rings. The SMILES string of the molecule is Cc1nn(CC(C)C)c(C)c1CC(=O)NCC1(O)CCSCC1. The minimum atomic E-state index is -0.729. The van der Waals surface area contributed by atoms with Crippen molar-refractivity contribution < 1.29 is 9.90 Å². The summed E-state index contributed by atoms with van der Waals surface area (Å²) < 4.78 is 1.99. The van der Waals surface area contributed by atoms with Crippen LogP contribution in [0.5, 0.6) is 0 Å². The van der Waals surface area contributed by atoms with Gasteiger partial charge in [0.25, 0.3) is 0 Å². The first-order valence-electron chi connectivity index (χ1n) is 8.40. The van der Waals surface area contributed by atoms with Crippen LogP contribution < -0.4 is 5.32 Å². The number of aromatic nitrogens is 2. The first-order valence-corrected chi connectivity index (χ1v) is 9.56.